The predicted octanol–water partition coefficient (Wildman–Crippen LogP) is 1.77. The van der Waals surface area contributed by atoms with Crippen molar-refractivity contribution >= 4 is 27.8 Å². The van der Waals surface area contributed by atoms with Gasteiger partial charge in [0.25, 0.3) is 5.56 Å². The predicted molar refractivity (Wildman–Crippen MR) is 125 cm³/mol. The van der Waals surface area contributed by atoms with Crippen LogP contribution in [0, 0.1) is 5.41 Å². The standard InChI is InChI=1S/C23H27N5O3S/c1-23-15-27(32(30,31)14-17-6-4-3-5-7-17)13-20(23)26(2)22-25-19(12-21(29)28(22)16-23)18-8-10-24-11-9-18/h3-8,10,12,20H,9,11,13-16H2,1-2H3/t20?,23-/m0/s1. The van der Waals surface area contributed by atoms with Crippen LogP contribution in [-0.2, 0) is 22.3 Å². The van der Waals surface area contributed by atoms with Gasteiger partial charge in [-0.1, -0.05) is 37.3 Å². The maximum atomic E-state index is 13.2. The van der Waals surface area contributed by atoms with Gasteiger partial charge >= 0.3 is 0 Å². The van der Waals surface area contributed by atoms with E-state index in [-0.39, 0.29) is 22.8 Å². The van der Waals surface area contributed by atoms with Crippen molar-refractivity contribution in [2.75, 3.05) is 31.6 Å². The highest BCUT2D eigenvalue weighted by Gasteiger charge is 2.52. The van der Waals surface area contributed by atoms with Gasteiger partial charge in [0.05, 0.1) is 17.5 Å². The first-order valence-electron chi connectivity index (χ1n) is 10.8. The van der Waals surface area contributed by atoms with Crippen molar-refractivity contribution in [2.24, 2.45) is 10.4 Å². The number of aliphatic imine (C=N–C) groups is 1. The Bertz CT molecular complexity index is 1270. The van der Waals surface area contributed by atoms with Crippen LogP contribution in [0.25, 0.3) is 5.57 Å². The van der Waals surface area contributed by atoms with Crippen molar-refractivity contribution in [1.82, 2.24) is 13.9 Å². The number of hydrogen-bond acceptors (Lipinski definition) is 6. The second kappa shape index (κ2) is 7.67. The number of aromatic nitrogens is 2. The van der Waals surface area contributed by atoms with Gasteiger partial charge in [-0.05, 0) is 23.6 Å². The lowest BCUT2D eigenvalue weighted by molar-refractivity contribution is 0.228. The van der Waals surface area contributed by atoms with Gasteiger partial charge in [0.1, 0.15) is 0 Å². The summed E-state index contributed by atoms with van der Waals surface area (Å²) in [5.74, 6) is 0.575. The first kappa shape index (κ1) is 21.1. The average molecular weight is 454 g/mol. The largest absolute Gasteiger partial charge is 0.340 e. The third-order valence-corrected chi connectivity index (χ3v) is 8.58. The molecule has 8 nitrogen and oxygen atoms in total. The van der Waals surface area contributed by atoms with Crippen LogP contribution in [0.3, 0.4) is 0 Å². The summed E-state index contributed by atoms with van der Waals surface area (Å²) in [5, 5.41) is 0. The number of likely N-dealkylation sites (N-methyl/N-ethyl adjacent to an activating group) is 1. The van der Waals surface area contributed by atoms with Crippen LogP contribution in [0.5, 0.6) is 0 Å². The summed E-state index contributed by atoms with van der Waals surface area (Å²) in [6.07, 6.45) is 4.41. The molecule has 0 bridgehead atoms. The van der Waals surface area contributed by atoms with Crippen LogP contribution in [-0.4, -0.2) is 61.2 Å². The fourth-order valence-electron chi connectivity index (χ4n) is 5.10. The third kappa shape index (κ3) is 3.59. The number of benzene rings is 1. The highest BCUT2D eigenvalue weighted by molar-refractivity contribution is 7.88. The minimum atomic E-state index is -3.48. The third-order valence-electron chi connectivity index (χ3n) is 6.81. The van der Waals surface area contributed by atoms with Crippen LogP contribution in [0.15, 0.2) is 52.3 Å². The Morgan fingerprint density at radius 2 is 1.97 bits per heavy atom. The molecule has 1 saturated heterocycles. The molecule has 0 aliphatic carbocycles. The lowest BCUT2D eigenvalue weighted by atomic mass is 9.83. The fourth-order valence-corrected chi connectivity index (χ4v) is 6.75. The van der Waals surface area contributed by atoms with Crippen LogP contribution in [0.4, 0.5) is 5.95 Å². The van der Waals surface area contributed by atoms with E-state index in [1.54, 1.807) is 21.2 Å². The number of sulfonamides is 1. The van der Waals surface area contributed by atoms with Crippen molar-refractivity contribution in [3.05, 3.63) is 64.1 Å². The molecule has 1 fully saturated rings. The number of hydrogen-bond donors (Lipinski definition) is 0. The lowest BCUT2D eigenvalue weighted by Crippen LogP contribution is -2.54. The van der Waals surface area contributed by atoms with Gasteiger partial charge < -0.3 is 4.90 Å². The summed E-state index contributed by atoms with van der Waals surface area (Å²) in [5.41, 5.74) is 1.96. The zero-order chi connectivity index (χ0) is 22.5. The van der Waals surface area contributed by atoms with E-state index in [4.69, 9.17) is 4.98 Å². The molecule has 0 radical (unpaired) electrons. The number of rotatable bonds is 4. The molecule has 3 aliphatic heterocycles. The Morgan fingerprint density at radius 3 is 2.69 bits per heavy atom. The maximum absolute atomic E-state index is 13.2. The average Bonchev–Trinajstić information content (AvgIpc) is 3.14. The fraction of sp³-hybridized carbons (Fsp3) is 0.435. The summed E-state index contributed by atoms with van der Waals surface area (Å²) in [6.45, 7) is 3.97. The van der Waals surface area contributed by atoms with Gasteiger partial charge in [0.2, 0.25) is 16.0 Å². The van der Waals surface area contributed by atoms with E-state index in [9.17, 15) is 13.2 Å². The molecule has 0 saturated carbocycles. The Hall–Kier alpha value is -2.78. The molecule has 2 aromatic rings. The van der Waals surface area contributed by atoms with Crippen molar-refractivity contribution < 1.29 is 8.42 Å². The molecule has 0 spiro atoms. The zero-order valence-electron chi connectivity index (χ0n) is 18.3. The topological polar surface area (TPSA) is 87.9 Å². The molecule has 5 rings (SSSR count). The lowest BCUT2D eigenvalue weighted by Gasteiger charge is -2.43. The first-order chi connectivity index (χ1) is 15.3. The van der Waals surface area contributed by atoms with E-state index < -0.39 is 10.0 Å². The van der Waals surface area contributed by atoms with E-state index in [1.165, 1.54) is 0 Å². The van der Waals surface area contributed by atoms with E-state index in [0.29, 0.717) is 37.8 Å². The molecule has 3 aliphatic rings. The highest BCUT2D eigenvalue weighted by Crippen LogP contribution is 2.41. The van der Waals surface area contributed by atoms with Crippen LogP contribution >= 0.6 is 0 Å². The van der Waals surface area contributed by atoms with Crippen LogP contribution < -0.4 is 10.5 Å². The molecule has 1 aromatic heterocycles. The van der Waals surface area contributed by atoms with Gasteiger partial charge in [-0.25, -0.2) is 13.4 Å². The van der Waals surface area contributed by atoms with Crippen LogP contribution in [0.2, 0.25) is 0 Å². The van der Waals surface area contributed by atoms with Crippen molar-refractivity contribution in [3.8, 4) is 0 Å². The molecular formula is C23H27N5O3S. The number of allylic oxidation sites excluding steroid dienone is 1. The number of fused-ring (bicyclic) bond motifs is 2. The molecule has 168 valence electrons. The van der Waals surface area contributed by atoms with Crippen LogP contribution in [0.1, 0.15) is 24.6 Å². The van der Waals surface area contributed by atoms with E-state index in [2.05, 4.69) is 11.9 Å². The smallest absolute Gasteiger partial charge is 0.255 e. The Morgan fingerprint density at radius 1 is 1.19 bits per heavy atom. The van der Waals surface area contributed by atoms with Gasteiger partial charge in [0.15, 0.2) is 0 Å². The summed E-state index contributed by atoms with van der Waals surface area (Å²) in [6, 6.07) is 10.8. The normalized spacial score (nSPS) is 25.4. The SMILES string of the molecule is CN1c2nc(C3=CC=NCC3)cc(=O)n2C[C@]2(C)CN(S(=O)(=O)Cc3ccccc3)CC12. The van der Waals surface area contributed by atoms with E-state index in [1.807, 2.05) is 48.4 Å². The summed E-state index contributed by atoms with van der Waals surface area (Å²) in [7, 11) is -1.57. The van der Waals surface area contributed by atoms with Gasteiger partial charge in [0, 0.05) is 50.9 Å². The van der Waals surface area contributed by atoms with Gasteiger partial charge in [-0.3, -0.25) is 14.4 Å². The molecule has 0 N–H and O–H groups in total. The summed E-state index contributed by atoms with van der Waals surface area (Å²) in [4.78, 5) is 24.0. The Balaban J connectivity index is 1.46. The van der Waals surface area contributed by atoms with Crippen molar-refractivity contribution in [3.63, 3.8) is 0 Å². The van der Waals surface area contributed by atoms with Gasteiger partial charge in [-0.2, -0.15) is 4.31 Å². The minimum absolute atomic E-state index is 0.0225. The first-order valence-corrected chi connectivity index (χ1v) is 12.4. The van der Waals surface area contributed by atoms with Crippen molar-refractivity contribution in [2.45, 2.75) is 31.7 Å². The van der Waals surface area contributed by atoms with Gasteiger partial charge in [-0.15, -0.1) is 0 Å². The number of anilines is 1. The zero-order valence-corrected chi connectivity index (χ0v) is 19.1. The molecule has 4 heterocycles. The molecule has 1 unspecified atom stereocenters. The molecule has 2 atom stereocenters. The summed E-state index contributed by atoms with van der Waals surface area (Å²) < 4.78 is 29.7. The minimum Gasteiger partial charge on any atom is -0.340 e. The second-order valence-corrected chi connectivity index (χ2v) is 11.1. The molecule has 1 aromatic carbocycles. The quantitative estimate of drug-likeness (QED) is 0.704. The number of nitrogens with zero attached hydrogens (tertiary/aromatic N) is 5. The number of dihydropyridines is 1. The second-order valence-electron chi connectivity index (χ2n) is 9.18. The molecule has 32 heavy (non-hydrogen) atoms. The monoisotopic (exact) mass is 453 g/mol. The molecular weight excluding hydrogens is 426 g/mol. The van der Waals surface area contributed by atoms with E-state index >= 15 is 0 Å². The maximum Gasteiger partial charge on any atom is 0.255 e. The highest BCUT2D eigenvalue weighted by atomic mass is 32.2. The summed E-state index contributed by atoms with van der Waals surface area (Å²) >= 11 is 0. The Kier molecular flexibility index (Phi) is 5.05. The van der Waals surface area contributed by atoms with Crippen molar-refractivity contribution in [1.29, 1.82) is 0 Å². The van der Waals surface area contributed by atoms with E-state index in [0.717, 1.165) is 17.6 Å². The molecule has 0 amide bonds. The molecule has 9 heteroatoms. The Labute approximate surface area is 188 Å².